The van der Waals surface area contributed by atoms with Gasteiger partial charge >= 0.3 is 0 Å². The van der Waals surface area contributed by atoms with Gasteiger partial charge in [-0.3, -0.25) is 4.79 Å². The maximum Gasteiger partial charge on any atom is 0.221 e. The number of hydrogen-bond donors (Lipinski definition) is 3. The smallest absolute Gasteiger partial charge is 0.221 e. The fraction of sp³-hybridized carbons (Fsp3) is 0.917. The number of nitrogens with one attached hydrogen (secondary N) is 2. The molecule has 0 bridgehead atoms. The first-order valence-corrected chi connectivity index (χ1v) is 6.43. The number of rotatable bonds is 4. The predicted molar refractivity (Wildman–Crippen MR) is 62.0 cm³/mol. The second-order valence-electron chi connectivity index (χ2n) is 5.04. The van der Waals surface area contributed by atoms with Crippen molar-refractivity contribution in [2.75, 3.05) is 13.2 Å². The summed E-state index contributed by atoms with van der Waals surface area (Å²) in [6.45, 7) is 1.24. The van der Waals surface area contributed by atoms with E-state index in [9.17, 15) is 4.79 Å². The molecular weight excluding hydrogens is 204 g/mol. The number of hydrogen-bond acceptors (Lipinski definition) is 3. The van der Waals surface area contributed by atoms with Gasteiger partial charge < -0.3 is 15.7 Å². The van der Waals surface area contributed by atoms with Crippen LogP contribution in [0.5, 0.6) is 0 Å². The molecule has 2 aliphatic rings. The highest BCUT2D eigenvalue weighted by molar-refractivity contribution is 5.77. The van der Waals surface area contributed by atoms with E-state index in [-0.39, 0.29) is 24.5 Å². The van der Waals surface area contributed by atoms with Crippen LogP contribution in [0, 0.1) is 5.92 Å². The van der Waals surface area contributed by atoms with E-state index in [0.717, 1.165) is 32.2 Å². The van der Waals surface area contributed by atoms with Gasteiger partial charge in [-0.2, -0.15) is 0 Å². The first-order valence-electron chi connectivity index (χ1n) is 6.43. The minimum Gasteiger partial charge on any atom is -0.396 e. The molecule has 4 heteroatoms. The summed E-state index contributed by atoms with van der Waals surface area (Å²) in [6, 6.07) is 0.577. The lowest BCUT2D eigenvalue weighted by molar-refractivity contribution is -0.122. The van der Waals surface area contributed by atoms with Crippen LogP contribution in [0.3, 0.4) is 0 Å². The number of aliphatic hydroxyl groups is 1. The molecule has 0 aromatic carbocycles. The zero-order valence-corrected chi connectivity index (χ0v) is 9.74. The molecule has 4 nitrogen and oxygen atoms in total. The van der Waals surface area contributed by atoms with E-state index >= 15 is 0 Å². The van der Waals surface area contributed by atoms with Gasteiger partial charge in [-0.05, 0) is 32.2 Å². The summed E-state index contributed by atoms with van der Waals surface area (Å²) in [5, 5.41) is 15.6. The van der Waals surface area contributed by atoms with Crippen LogP contribution in [0.4, 0.5) is 0 Å². The van der Waals surface area contributed by atoms with Crippen molar-refractivity contribution in [1.29, 1.82) is 0 Å². The van der Waals surface area contributed by atoms with E-state index in [1.165, 1.54) is 6.42 Å². The molecule has 2 rings (SSSR count). The molecule has 3 N–H and O–H groups in total. The largest absolute Gasteiger partial charge is 0.396 e. The van der Waals surface area contributed by atoms with Crippen molar-refractivity contribution in [3.63, 3.8) is 0 Å². The van der Waals surface area contributed by atoms with Gasteiger partial charge in [0.05, 0.1) is 0 Å². The summed E-state index contributed by atoms with van der Waals surface area (Å²) in [6.07, 6.45) is 6.08. The maximum atomic E-state index is 11.8. The Hall–Kier alpha value is -0.610. The summed E-state index contributed by atoms with van der Waals surface area (Å²) in [5.74, 6) is 0.422. The molecule has 3 unspecified atom stereocenters. The highest BCUT2D eigenvalue weighted by Gasteiger charge is 2.28. The molecule has 1 aliphatic heterocycles. The molecule has 1 amide bonds. The second kappa shape index (κ2) is 5.64. The van der Waals surface area contributed by atoms with Crippen LogP contribution in [0.2, 0.25) is 0 Å². The van der Waals surface area contributed by atoms with Gasteiger partial charge in [-0.1, -0.05) is 6.42 Å². The molecule has 2 fully saturated rings. The van der Waals surface area contributed by atoms with Gasteiger partial charge in [0.25, 0.3) is 0 Å². The Bertz CT molecular complexity index is 239. The van der Waals surface area contributed by atoms with Crippen molar-refractivity contribution in [2.45, 2.75) is 50.6 Å². The quantitative estimate of drug-likeness (QED) is 0.650. The normalized spacial score (nSPS) is 34.2. The third-order valence-corrected chi connectivity index (χ3v) is 3.83. The topological polar surface area (TPSA) is 61.4 Å². The molecule has 1 aliphatic carbocycles. The third-order valence-electron chi connectivity index (χ3n) is 3.83. The van der Waals surface area contributed by atoms with Crippen molar-refractivity contribution in [2.24, 2.45) is 5.92 Å². The minimum atomic E-state index is 0.143. The molecule has 0 radical (unpaired) electrons. The van der Waals surface area contributed by atoms with Gasteiger partial charge in [-0.15, -0.1) is 0 Å². The van der Waals surface area contributed by atoms with Crippen LogP contribution in [0.15, 0.2) is 0 Å². The highest BCUT2D eigenvalue weighted by atomic mass is 16.3. The van der Waals surface area contributed by atoms with Crippen LogP contribution >= 0.6 is 0 Å². The summed E-state index contributed by atoms with van der Waals surface area (Å²) >= 11 is 0. The van der Waals surface area contributed by atoms with E-state index in [4.69, 9.17) is 5.11 Å². The van der Waals surface area contributed by atoms with E-state index in [0.29, 0.717) is 12.5 Å². The first kappa shape index (κ1) is 11.9. The molecule has 0 aromatic heterocycles. The Morgan fingerprint density at radius 1 is 1.31 bits per heavy atom. The average molecular weight is 226 g/mol. The van der Waals surface area contributed by atoms with Gasteiger partial charge in [-0.25, -0.2) is 0 Å². The van der Waals surface area contributed by atoms with Gasteiger partial charge in [0.1, 0.15) is 0 Å². The Balaban J connectivity index is 1.73. The maximum absolute atomic E-state index is 11.8. The SMILES string of the molecule is O=C(CC1CCCN1)NC1CCCC1CO. The standard InChI is InChI=1S/C12H22N2O2/c15-8-9-3-1-5-11(9)14-12(16)7-10-4-2-6-13-10/h9-11,13,15H,1-8H2,(H,14,16). The van der Waals surface area contributed by atoms with Gasteiger partial charge in [0.2, 0.25) is 5.91 Å². The van der Waals surface area contributed by atoms with E-state index in [2.05, 4.69) is 10.6 Å². The number of amides is 1. The lowest BCUT2D eigenvalue weighted by atomic mass is 10.0. The molecular formula is C12H22N2O2. The number of carbonyl (C=O) groups is 1. The molecule has 0 aromatic rings. The molecule has 3 atom stereocenters. The van der Waals surface area contributed by atoms with Crippen molar-refractivity contribution in [1.82, 2.24) is 10.6 Å². The Morgan fingerprint density at radius 3 is 2.88 bits per heavy atom. The van der Waals surface area contributed by atoms with Crippen molar-refractivity contribution in [3.8, 4) is 0 Å². The Morgan fingerprint density at radius 2 is 2.19 bits per heavy atom. The van der Waals surface area contributed by atoms with Crippen LogP contribution in [0.25, 0.3) is 0 Å². The molecule has 1 saturated carbocycles. The van der Waals surface area contributed by atoms with Crippen molar-refractivity contribution in [3.05, 3.63) is 0 Å². The van der Waals surface area contributed by atoms with Gasteiger partial charge in [0, 0.05) is 31.0 Å². The minimum absolute atomic E-state index is 0.143. The van der Waals surface area contributed by atoms with E-state index < -0.39 is 0 Å². The van der Waals surface area contributed by atoms with Crippen LogP contribution in [0.1, 0.15) is 38.5 Å². The molecule has 1 saturated heterocycles. The molecule has 16 heavy (non-hydrogen) atoms. The van der Waals surface area contributed by atoms with Crippen molar-refractivity contribution < 1.29 is 9.90 Å². The lowest BCUT2D eigenvalue weighted by Gasteiger charge is -2.20. The number of carbonyl (C=O) groups excluding carboxylic acids is 1. The highest BCUT2D eigenvalue weighted by Crippen LogP contribution is 2.25. The Labute approximate surface area is 96.8 Å². The summed E-state index contributed by atoms with van der Waals surface area (Å²) in [5.41, 5.74) is 0. The van der Waals surface area contributed by atoms with E-state index in [1.807, 2.05) is 0 Å². The van der Waals surface area contributed by atoms with Crippen LogP contribution < -0.4 is 10.6 Å². The predicted octanol–water partition coefficient (Wildman–Crippen LogP) is 0.406. The molecule has 92 valence electrons. The zero-order chi connectivity index (χ0) is 11.4. The Kier molecular flexibility index (Phi) is 4.18. The fourth-order valence-electron chi connectivity index (χ4n) is 2.87. The lowest BCUT2D eigenvalue weighted by Crippen LogP contribution is -2.41. The van der Waals surface area contributed by atoms with Crippen molar-refractivity contribution >= 4 is 5.91 Å². The fourth-order valence-corrected chi connectivity index (χ4v) is 2.87. The number of aliphatic hydroxyl groups excluding tert-OH is 1. The molecule has 0 spiro atoms. The summed E-state index contributed by atoms with van der Waals surface area (Å²) < 4.78 is 0. The average Bonchev–Trinajstić information content (AvgIpc) is 2.88. The summed E-state index contributed by atoms with van der Waals surface area (Å²) in [7, 11) is 0. The van der Waals surface area contributed by atoms with E-state index in [1.54, 1.807) is 0 Å². The van der Waals surface area contributed by atoms with Crippen LogP contribution in [-0.4, -0.2) is 36.2 Å². The molecule has 1 heterocycles. The zero-order valence-electron chi connectivity index (χ0n) is 9.74. The van der Waals surface area contributed by atoms with Crippen LogP contribution in [-0.2, 0) is 4.79 Å². The van der Waals surface area contributed by atoms with Gasteiger partial charge in [0.15, 0.2) is 0 Å². The monoisotopic (exact) mass is 226 g/mol. The summed E-state index contributed by atoms with van der Waals surface area (Å²) in [4.78, 5) is 11.8. The first-order chi connectivity index (χ1) is 7.79. The second-order valence-corrected chi connectivity index (χ2v) is 5.04. The third kappa shape index (κ3) is 2.95.